The molecule has 0 aromatic heterocycles. The molecule has 0 bridgehead atoms. The Morgan fingerprint density at radius 3 is 0.756 bits per heavy atom. The Morgan fingerprint density at radius 1 is 0.300 bits per heavy atom. The maximum atomic E-state index is 13.0. The van der Waals surface area contributed by atoms with Gasteiger partial charge in [-0.05, 0) is 37.5 Å². The minimum Gasteiger partial charge on any atom is -0.462 e. The predicted octanol–water partition coefficient (Wildman–Crippen LogP) is 20.4. The second kappa shape index (κ2) is 63.1. The molecule has 534 valence electrons. The third-order valence-corrected chi connectivity index (χ3v) is 18.4. The fourth-order valence-corrected chi connectivity index (χ4v) is 12.3. The van der Waals surface area contributed by atoms with Crippen molar-refractivity contribution in [2.45, 2.75) is 381 Å². The van der Waals surface area contributed by atoms with Crippen molar-refractivity contribution in [3.63, 3.8) is 0 Å². The molecule has 0 spiro atoms. The number of phosphoric ester groups is 2. The van der Waals surface area contributed by atoms with Gasteiger partial charge in [-0.1, -0.05) is 311 Å². The lowest BCUT2D eigenvalue weighted by Crippen LogP contribution is -2.30. The number of rotatable bonds is 70. The zero-order valence-electron chi connectivity index (χ0n) is 58.4. The smallest absolute Gasteiger partial charge is 0.462 e. The van der Waals surface area contributed by atoms with E-state index in [1.54, 1.807) is 0 Å². The van der Waals surface area contributed by atoms with Crippen molar-refractivity contribution < 1.29 is 80.2 Å². The van der Waals surface area contributed by atoms with Gasteiger partial charge in [0, 0.05) is 25.7 Å². The number of carbonyl (C=O) groups excluding carboxylic acids is 4. The van der Waals surface area contributed by atoms with Gasteiger partial charge in [-0.3, -0.25) is 37.3 Å². The summed E-state index contributed by atoms with van der Waals surface area (Å²) in [6.07, 6.45) is 48.4. The van der Waals surface area contributed by atoms with Crippen molar-refractivity contribution in [3.8, 4) is 0 Å². The molecule has 2 unspecified atom stereocenters. The van der Waals surface area contributed by atoms with Crippen LogP contribution in [0.15, 0.2) is 0 Å². The molecule has 0 saturated carbocycles. The number of hydrogen-bond acceptors (Lipinski definition) is 15. The average molecular weight is 1330 g/mol. The summed E-state index contributed by atoms with van der Waals surface area (Å²) in [5.74, 6) is -0.610. The van der Waals surface area contributed by atoms with Crippen molar-refractivity contribution in [3.05, 3.63) is 0 Å². The molecule has 0 amide bonds. The lowest BCUT2D eigenvalue weighted by molar-refractivity contribution is -0.161. The minimum atomic E-state index is -4.95. The maximum absolute atomic E-state index is 13.0. The molecule has 17 nitrogen and oxygen atoms in total. The van der Waals surface area contributed by atoms with Gasteiger partial charge < -0.3 is 33.8 Å². The Balaban J connectivity index is 5.26. The molecular formula is C71H138O17P2. The van der Waals surface area contributed by atoms with Crippen LogP contribution in [0, 0.1) is 11.8 Å². The number of hydrogen-bond donors (Lipinski definition) is 3. The SMILES string of the molecule is CCCCCCCCCCCCCCCC(=O)O[C@H](COC(=O)CCCCCCCCCCCCC)COP(=O)(O)OC[C@H](O)COP(=O)(O)OC[C@@H](COC(=O)CCCCCCCCCCCCC(C)C)OC(=O)CCCCCCCCCCCCC(C)C. The summed E-state index contributed by atoms with van der Waals surface area (Å²) in [6.45, 7) is 9.54. The van der Waals surface area contributed by atoms with Crippen molar-refractivity contribution in [2.75, 3.05) is 39.6 Å². The first-order valence-electron chi connectivity index (χ1n) is 37.0. The van der Waals surface area contributed by atoms with Crippen LogP contribution in [0.2, 0.25) is 0 Å². The number of ether oxygens (including phenoxy) is 4. The zero-order chi connectivity index (χ0) is 66.5. The summed E-state index contributed by atoms with van der Waals surface area (Å²) in [5, 5.41) is 10.6. The molecule has 0 saturated heterocycles. The van der Waals surface area contributed by atoms with Crippen LogP contribution >= 0.6 is 15.6 Å². The van der Waals surface area contributed by atoms with E-state index in [1.165, 1.54) is 180 Å². The van der Waals surface area contributed by atoms with E-state index in [0.29, 0.717) is 25.7 Å². The van der Waals surface area contributed by atoms with E-state index in [9.17, 15) is 43.2 Å². The molecule has 3 N–H and O–H groups in total. The van der Waals surface area contributed by atoms with Crippen LogP contribution in [0.3, 0.4) is 0 Å². The van der Waals surface area contributed by atoms with Gasteiger partial charge in [-0.15, -0.1) is 0 Å². The maximum Gasteiger partial charge on any atom is 0.472 e. The monoisotopic (exact) mass is 1320 g/mol. The fraction of sp³-hybridized carbons (Fsp3) is 0.944. The quantitative estimate of drug-likeness (QED) is 0.0222. The van der Waals surface area contributed by atoms with Crippen molar-refractivity contribution >= 4 is 39.5 Å². The van der Waals surface area contributed by atoms with Crippen LogP contribution in [-0.2, 0) is 65.4 Å². The van der Waals surface area contributed by atoms with Crippen molar-refractivity contribution in [1.29, 1.82) is 0 Å². The summed E-state index contributed by atoms with van der Waals surface area (Å²) in [4.78, 5) is 72.6. The topological polar surface area (TPSA) is 237 Å². The largest absolute Gasteiger partial charge is 0.472 e. The highest BCUT2D eigenvalue weighted by Crippen LogP contribution is 2.45. The Labute approximate surface area is 549 Å². The Kier molecular flexibility index (Phi) is 61.8. The molecule has 0 heterocycles. The zero-order valence-corrected chi connectivity index (χ0v) is 60.2. The van der Waals surface area contributed by atoms with Crippen LogP contribution in [0.1, 0.15) is 363 Å². The molecule has 0 aliphatic carbocycles. The van der Waals surface area contributed by atoms with Crippen LogP contribution in [-0.4, -0.2) is 96.7 Å². The molecule has 0 fully saturated rings. The van der Waals surface area contributed by atoms with Crippen LogP contribution < -0.4 is 0 Å². The number of esters is 4. The third kappa shape index (κ3) is 64.8. The number of carbonyl (C=O) groups is 4. The summed E-state index contributed by atoms with van der Waals surface area (Å²) in [6, 6.07) is 0. The first kappa shape index (κ1) is 88.1. The van der Waals surface area contributed by atoms with Crippen molar-refractivity contribution in [1.82, 2.24) is 0 Å². The fourth-order valence-electron chi connectivity index (χ4n) is 10.8. The summed E-state index contributed by atoms with van der Waals surface area (Å²) in [5.41, 5.74) is 0. The summed E-state index contributed by atoms with van der Waals surface area (Å²) >= 11 is 0. The van der Waals surface area contributed by atoms with E-state index in [4.69, 9.17) is 37.0 Å². The predicted molar refractivity (Wildman–Crippen MR) is 363 cm³/mol. The average Bonchev–Trinajstić information content (AvgIpc) is 2.29. The van der Waals surface area contributed by atoms with Gasteiger partial charge in [0.15, 0.2) is 12.2 Å². The molecule has 90 heavy (non-hydrogen) atoms. The number of phosphoric acid groups is 2. The molecule has 19 heteroatoms. The summed E-state index contributed by atoms with van der Waals surface area (Å²) in [7, 11) is -9.90. The van der Waals surface area contributed by atoms with Gasteiger partial charge in [0.1, 0.15) is 19.3 Å². The normalized spacial score (nSPS) is 14.1. The third-order valence-electron chi connectivity index (χ3n) is 16.5. The van der Waals surface area contributed by atoms with E-state index >= 15 is 0 Å². The molecular weight excluding hydrogens is 1190 g/mol. The minimum absolute atomic E-state index is 0.106. The highest BCUT2D eigenvalue weighted by atomic mass is 31.2. The number of aliphatic hydroxyl groups is 1. The van der Waals surface area contributed by atoms with Gasteiger partial charge >= 0.3 is 39.5 Å². The molecule has 0 aromatic carbocycles. The van der Waals surface area contributed by atoms with Crippen LogP contribution in [0.4, 0.5) is 0 Å². The number of unbranched alkanes of at least 4 members (excludes halogenated alkanes) is 40. The Bertz CT molecular complexity index is 1750. The highest BCUT2D eigenvalue weighted by molar-refractivity contribution is 7.47. The highest BCUT2D eigenvalue weighted by Gasteiger charge is 2.30. The molecule has 0 radical (unpaired) electrons. The van der Waals surface area contributed by atoms with Crippen LogP contribution in [0.5, 0.6) is 0 Å². The van der Waals surface area contributed by atoms with Gasteiger partial charge in [-0.2, -0.15) is 0 Å². The van der Waals surface area contributed by atoms with Crippen molar-refractivity contribution in [2.24, 2.45) is 11.8 Å². The van der Waals surface area contributed by atoms with E-state index in [1.807, 2.05) is 0 Å². The van der Waals surface area contributed by atoms with Gasteiger partial charge in [0.25, 0.3) is 0 Å². The Morgan fingerprint density at radius 2 is 0.511 bits per heavy atom. The molecule has 0 rings (SSSR count). The van der Waals surface area contributed by atoms with E-state index < -0.39 is 97.5 Å². The lowest BCUT2D eigenvalue weighted by Gasteiger charge is -2.21. The first-order chi connectivity index (χ1) is 43.4. The molecule has 5 atom stereocenters. The second-order valence-electron chi connectivity index (χ2n) is 26.6. The summed E-state index contributed by atoms with van der Waals surface area (Å²) < 4.78 is 68.3. The van der Waals surface area contributed by atoms with E-state index in [2.05, 4.69) is 41.5 Å². The van der Waals surface area contributed by atoms with E-state index in [0.717, 1.165) is 102 Å². The van der Waals surface area contributed by atoms with Gasteiger partial charge in [0.05, 0.1) is 26.4 Å². The lowest BCUT2D eigenvalue weighted by atomic mass is 10.0. The Hall–Kier alpha value is -1.94. The molecule has 0 aliphatic rings. The number of aliphatic hydroxyl groups excluding tert-OH is 1. The standard InChI is InChI=1S/C71H138O17P2/c1-7-9-11-13-15-17-19-20-22-31-37-43-49-55-70(75)87-66(59-81-68(73)53-47-41-35-29-21-18-16-14-12-10-8-2)61-85-89(77,78)83-57-65(72)58-84-90(79,80)86-62-67(88-71(76)56-50-44-38-32-26-24-28-34-40-46-52-64(5)6)60-82-69(74)54-48-42-36-30-25-23-27-33-39-45-51-63(3)4/h63-67,72H,7-62H2,1-6H3,(H,77,78)(H,79,80)/t65-,66+,67+/m0/s1. The van der Waals surface area contributed by atoms with Crippen LogP contribution in [0.25, 0.3) is 0 Å². The van der Waals surface area contributed by atoms with Gasteiger partial charge in [0.2, 0.25) is 0 Å². The van der Waals surface area contributed by atoms with E-state index in [-0.39, 0.29) is 25.7 Å². The first-order valence-corrected chi connectivity index (χ1v) is 40.0. The second-order valence-corrected chi connectivity index (χ2v) is 29.5. The van der Waals surface area contributed by atoms with Gasteiger partial charge in [-0.25, -0.2) is 9.13 Å². The molecule has 0 aliphatic heterocycles. The molecule has 0 aromatic rings.